The van der Waals surface area contributed by atoms with Gasteiger partial charge in [-0.2, -0.15) is 0 Å². The van der Waals surface area contributed by atoms with E-state index in [-0.39, 0.29) is 6.42 Å². The van der Waals surface area contributed by atoms with Crippen molar-refractivity contribution in [2.75, 3.05) is 32.2 Å². The van der Waals surface area contributed by atoms with Gasteiger partial charge in [0.05, 0.1) is 32.8 Å². The number of benzene rings is 2. The first kappa shape index (κ1) is 23.4. The van der Waals surface area contributed by atoms with E-state index in [2.05, 4.69) is 5.32 Å². The molecule has 0 aliphatic carbocycles. The number of urea groups is 1. The standard InChI is InChI=1S/C24H29FN2O5/c1-5-31-21-11-16-9-10-27(24(29)26-17-8-7-15(3)19(25)12-17)20(14-23(28)30-4)18(16)13-22(21)32-6-2/h7-8,11-13,20H,5-6,9-10,14H2,1-4H3,(H,26,29). The third kappa shape index (κ3) is 5.12. The second-order valence-corrected chi connectivity index (χ2v) is 7.50. The SMILES string of the molecule is CCOc1cc2c(cc1OCC)C(CC(=O)OC)N(C(=O)Nc1ccc(C)c(F)c1)CC2. The lowest BCUT2D eigenvalue weighted by atomic mass is 9.90. The summed E-state index contributed by atoms with van der Waals surface area (Å²) in [5.74, 6) is 0.361. The second kappa shape index (κ2) is 10.3. The zero-order valence-corrected chi connectivity index (χ0v) is 18.9. The Labute approximate surface area is 187 Å². The van der Waals surface area contributed by atoms with E-state index in [0.717, 1.165) is 11.1 Å². The molecule has 0 fully saturated rings. The molecule has 0 bridgehead atoms. The van der Waals surface area contributed by atoms with Gasteiger partial charge in [0.15, 0.2) is 11.5 Å². The lowest BCUT2D eigenvalue weighted by Gasteiger charge is -2.37. The van der Waals surface area contributed by atoms with Crippen molar-refractivity contribution in [1.29, 1.82) is 0 Å². The Morgan fingerprint density at radius 3 is 2.44 bits per heavy atom. The van der Waals surface area contributed by atoms with Gasteiger partial charge >= 0.3 is 12.0 Å². The molecule has 1 aliphatic rings. The van der Waals surface area contributed by atoms with E-state index in [1.807, 2.05) is 26.0 Å². The van der Waals surface area contributed by atoms with Crippen LogP contribution in [0.25, 0.3) is 0 Å². The van der Waals surface area contributed by atoms with Crippen molar-refractivity contribution in [1.82, 2.24) is 4.90 Å². The number of esters is 1. The van der Waals surface area contributed by atoms with Gasteiger partial charge in [-0.05, 0) is 68.1 Å². The fraction of sp³-hybridized carbons (Fsp3) is 0.417. The third-order valence-corrected chi connectivity index (χ3v) is 5.43. The monoisotopic (exact) mass is 444 g/mol. The van der Waals surface area contributed by atoms with Crippen LogP contribution in [0.5, 0.6) is 11.5 Å². The molecule has 0 saturated carbocycles. The number of nitrogens with zero attached hydrogens (tertiary/aromatic N) is 1. The van der Waals surface area contributed by atoms with E-state index in [9.17, 15) is 14.0 Å². The van der Waals surface area contributed by atoms with E-state index in [1.165, 1.54) is 13.2 Å². The van der Waals surface area contributed by atoms with Crippen LogP contribution in [0.4, 0.5) is 14.9 Å². The molecule has 0 saturated heterocycles. The number of fused-ring (bicyclic) bond motifs is 1. The lowest BCUT2D eigenvalue weighted by Crippen LogP contribution is -2.43. The second-order valence-electron chi connectivity index (χ2n) is 7.50. The van der Waals surface area contributed by atoms with Crippen LogP contribution in [-0.4, -0.2) is 43.8 Å². The van der Waals surface area contributed by atoms with Gasteiger partial charge in [-0.3, -0.25) is 4.79 Å². The fourth-order valence-corrected chi connectivity index (χ4v) is 3.82. The van der Waals surface area contributed by atoms with E-state index < -0.39 is 23.9 Å². The van der Waals surface area contributed by atoms with Gasteiger partial charge in [0.25, 0.3) is 0 Å². The van der Waals surface area contributed by atoms with Crippen LogP contribution in [-0.2, 0) is 16.0 Å². The number of halogens is 1. The summed E-state index contributed by atoms with van der Waals surface area (Å²) >= 11 is 0. The van der Waals surface area contributed by atoms with E-state index >= 15 is 0 Å². The predicted octanol–water partition coefficient (Wildman–Crippen LogP) is 4.63. The Hall–Kier alpha value is -3.29. The summed E-state index contributed by atoms with van der Waals surface area (Å²) in [5.41, 5.74) is 2.63. The summed E-state index contributed by atoms with van der Waals surface area (Å²) in [5, 5.41) is 2.74. The van der Waals surface area contributed by atoms with Gasteiger partial charge < -0.3 is 24.4 Å². The Balaban J connectivity index is 1.95. The van der Waals surface area contributed by atoms with Crippen molar-refractivity contribution < 1.29 is 28.2 Å². The molecular formula is C24H29FN2O5. The lowest BCUT2D eigenvalue weighted by molar-refractivity contribution is -0.141. The van der Waals surface area contributed by atoms with Crippen LogP contribution in [0.1, 0.15) is 43.0 Å². The highest BCUT2D eigenvalue weighted by Gasteiger charge is 2.34. The molecule has 172 valence electrons. The minimum Gasteiger partial charge on any atom is -0.490 e. The number of carbonyl (C=O) groups is 2. The maximum absolute atomic E-state index is 13.9. The van der Waals surface area contributed by atoms with E-state index in [1.54, 1.807) is 24.0 Å². The van der Waals surface area contributed by atoms with Crippen molar-refractivity contribution in [3.8, 4) is 11.5 Å². The molecule has 2 aromatic rings. The maximum atomic E-state index is 13.9. The number of amides is 2. The van der Waals surface area contributed by atoms with Crippen LogP contribution in [0, 0.1) is 12.7 Å². The smallest absolute Gasteiger partial charge is 0.322 e. The van der Waals surface area contributed by atoms with E-state index in [4.69, 9.17) is 14.2 Å². The van der Waals surface area contributed by atoms with Crippen LogP contribution in [0.2, 0.25) is 0 Å². The van der Waals surface area contributed by atoms with Gasteiger partial charge in [-0.25, -0.2) is 9.18 Å². The Morgan fingerprint density at radius 1 is 1.12 bits per heavy atom. The number of ether oxygens (including phenoxy) is 3. The predicted molar refractivity (Wildman–Crippen MR) is 119 cm³/mol. The largest absolute Gasteiger partial charge is 0.490 e. The molecule has 1 heterocycles. The summed E-state index contributed by atoms with van der Waals surface area (Å²) in [4.78, 5) is 26.9. The zero-order chi connectivity index (χ0) is 23.3. The van der Waals surface area contributed by atoms with Gasteiger partial charge in [-0.15, -0.1) is 0 Å². The number of rotatable bonds is 7. The molecule has 0 aromatic heterocycles. The molecule has 2 aromatic carbocycles. The summed E-state index contributed by atoms with van der Waals surface area (Å²) in [6.45, 7) is 6.75. The molecule has 32 heavy (non-hydrogen) atoms. The van der Waals surface area contributed by atoms with Crippen LogP contribution in [0.15, 0.2) is 30.3 Å². The highest BCUT2D eigenvalue weighted by Crippen LogP contribution is 2.40. The first-order valence-electron chi connectivity index (χ1n) is 10.7. The Kier molecular flexibility index (Phi) is 7.56. The van der Waals surface area contributed by atoms with Crippen LogP contribution in [0.3, 0.4) is 0 Å². The summed E-state index contributed by atoms with van der Waals surface area (Å²) in [7, 11) is 1.31. The van der Waals surface area contributed by atoms with Crippen molar-refractivity contribution in [2.24, 2.45) is 0 Å². The van der Waals surface area contributed by atoms with Crippen molar-refractivity contribution in [2.45, 2.75) is 39.7 Å². The van der Waals surface area contributed by atoms with Gasteiger partial charge in [0.1, 0.15) is 5.82 Å². The van der Waals surface area contributed by atoms with Crippen LogP contribution < -0.4 is 14.8 Å². The Morgan fingerprint density at radius 2 is 1.81 bits per heavy atom. The summed E-state index contributed by atoms with van der Waals surface area (Å²) in [6.07, 6.45) is 0.563. The molecule has 2 amide bonds. The molecule has 8 heteroatoms. The topological polar surface area (TPSA) is 77.1 Å². The highest BCUT2D eigenvalue weighted by molar-refractivity contribution is 5.90. The number of anilines is 1. The number of nitrogens with one attached hydrogen (secondary N) is 1. The van der Waals surface area contributed by atoms with Crippen LogP contribution >= 0.6 is 0 Å². The minimum atomic E-state index is -0.559. The highest BCUT2D eigenvalue weighted by atomic mass is 19.1. The average molecular weight is 445 g/mol. The number of methoxy groups -OCH3 is 1. The molecular weight excluding hydrogens is 415 g/mol. The average Bonchev–Trinajstić information content (AvgIpc) is 2.77. The zero-order valence-electron chi connectivity index (χ0n) is 18.9. The van der Waals surface area contributed by atoms with Crippen molar-refractivity contribution in [3.05, 3.63) is 52.8 Å². The van der Waals surface area contributed by atoms with Crippen molar-refractivity contribution >= 4 is 17.7 Å². The maximum Gasteiger partial charge on any atom is 0.322 e. The summed E-state index contributed by atoms with van der Waals surface area (Å²) < 4.78 is 30.3. The number of hydrogen-bond acceptors (Lipinski definition) is 5. The molecule has 0 radical (unpaired) electrons. The first-order chi connectivity index (χ1) is 15.4. The molecule has 7 nitrogen and oxygen atoms in total. The molecule has 1 aliphatic heterocycles. The summed E-state index contributed by atoms with van der Waals surface area (Å²) in [6, 6.07) is 7.30. The Bertz CT molecular complexity index is 995. The molecule has 1 atom stereocenters. The number of carbonyl (C=O) groups excluding carboxylic acids is 2. The minimum absolute atomic E-state index is 0.0152. The quantitative estimate of drug-likeness (QED) is 0.631. The molecule has 1 N–H and O–H groups in total. The number of aryl methyl sites for hydroxylation is 1. The van der Waals surface area contributed by atoms with E-state index in [0.29, 0.717) is 48.9 Å². The fourth-order valence-electron chi connectivity index (χ4n) is 3.82. The van der Waals surface area contributed by atoms with Gasteiger partial charge in [0.2, 0.25) is 0 Å². The van der Waals surface area contributed by atoms with Gasteiger partial charge in [0, 0.05) is 12.2 Å². The number of hydrogen-bond donors (Lipinski definition) is 1. The van der Waals surface area contributed by atoms with Crippen molar-refractivity contribution in [3.63, 3.8) is 0 Å². The molecule has 0 spiro atoms. The first-order valence-corrected chi connectivity index (χ1v) is 10.7. The third-order valence-electron chi connectivity index (χ3n) is 5.43. The molecule has 3 rings (SSSR count). The normalized spacial score (nSPS) is 15.0. The van der Waals surface area contributed by atoms with Gasteiger partial charge in [-0.1, -0.05) is 6.07 Å². The molecule has 1 unspecified atom stereocenters.